The number of esters is 1. The number of ether oxygens (including phenoxy) is 3. The van der Waals surface area contributed by atoms with Crippen molar-refractivity contribution >= 4 is 39.2 Å². The Kier molecular flexibility index (Phi) is 29.1. The minimum atomic E-state index is -2.24. The molecule has 444 valence electrons. The van der Waals surface area contributed by atoms with Crippen LogP contribution in [0.2, 0.25) is 72.5 Å². The lowest BCUT2D eigenvalue weighted by Crippen LogP contribution is -2.48. The molecule has 0 spiro atoms. The zero-order valence-electron chi connectivity index (χ0n) is 54.9. The zero-order chi connectivity index (χ0) is 59.8. The summed E-state index contributed by atoms with van der Waals surface area (Å²) < 4.78 is 47.1. The third-order valence-corrected chi connectivity index (χ3v) is 36.2. The van der Waals surface area contributed by atoms with Crippen LogP contribution in [0.25, 0.3) is 0 Å². The number of methoxy groups -OCH3 is 2. The average Bonchev–Trinajstić information content (AvgIpc) is 3.29. The van der Waals surface area contributed by atoms with Crippen LogP contribution in [-0.4, -0.2) is 84.0 Å². The molecule has 1 rings (SSSR count). The molecule has 1 aromatic carbocycles. The van der Waals surface area contributed by atoms with Gasteiger partial charge in [-0.25, -0.2) is 4.79 Å². The Hall–Kier alpha value is -2.14. The molecule has 1 aromatic rings. The maximum Gasteiger partial charge on any atom is 0.330 e. The third-order valence-electron chi connectivity index (χ3n) is 18.2. The average molecular weight is 1140 g/mol. The van der Waals surface area contributed by atoms with Crippen LogP contribution in [0.1, 0.15) is 156 Å². The Morgan fingerprint density at radius 2 is 1.01 bits per heavy atom. The Morgan fingerprint density at radius 1 is 0.545 bits per heavy atom. The van der Waals surface area contributed by atoms with Crippen LogP contribution >= 0.6 is 0 Å². The van der Waals surface area contributed by atoms with Gasteiger partial charge in [0.05, 0.1) is 51.3 Å². The summed E-state index contributed by atoms with van der Waals surface area (Å²) in [7, 11) is -5.73. The van der Waals surface area contributed by atoms with Gasteiger partial charge < -0.3 is 31.9 Å². The molecule has 0 aliphatic carbocycles. The molecule has 12 heteroatoms. The van der Waals surface area contributed by atoms with Gasteiger partial charge in [-0.1, -0.05) is 192 Å². The van der Waals surface area contributed by atoms with Gasteiger partial charge in [-0.3, -0.25) is 0 Å². The first-order chi connectivity index (χ1) is 35.0. The lowest BCUT2D eigenvalue weighted by atomic mass is 9.82. The van der Waals surface area contributed by atoms with E-state index >= 15 is 0 Å². The van der Waals surface area contributed by atoms with Gasteiger partial charge in [0.1, 0.15) is 5.75 Å². The monoisotopic (exact) mass is 1140 g/mol. The highest BCUT2D eigenvalue weighted by Gasteiger charge is 2.45. The van der Waals surface area contributed by atoms with Gasteiger partial charge in [0.2, 0.25) is 0 Å². The van der Waals surface area contributed by atoms with Crippen molar-refractivity contribution in [1.29, 1.82) is 0 Å². The zero-order valence-corrected chi connectivity index (χ0v) is 58.9. The van der Waals surface area contributed by atoms with Gasteiger partial charge in [-0.05, 0) is 133 Å². The summed E-state index contributed by atoms with van der Waals surface area (Å²) in [6.45, 7) is 65.4. The highest BCUT2D eigenvalue weighted by Crippen LogP contribution is 2.44. The SMILES string of the molecule is C=C/C=C\[C@H](C)[C@H](OCc1ccc(OC)cc1)[C@@H](C)[C@@H](CC[C@H](C)C[C@H](C)[C@H](O[Si](C)(C)C(C)(C)C)[C@H](C)/C=C\[C@H](C[C@H](O[Si](C)(C)C(C)(C)C)[C@H](C)/C=C/C=C\C(=O)OC)O[Si](C)(C)C(C)(C)C)O[Si](C)(C)C(C)(C)C. The molecule has 0 aromatic heterocycles. The second kappa shape index (κ2) is 30.8. The van der Waals surface area contributed by atoms with E-state index in [0.717, 1.165) is 30.6 Å². The van der Waals surface area contributed by atoms with Crippen molar-refractivity contribution in [2.24, 2.45) is 35.5 Å². The number of hydrogen-bond acceptors (Lipinski definition) is 8. The highest BCUT2D eigenvalue weighted by molar-refractivity contribution is 6.75. The fraction of sp³-hybridized carbons (Fsp3) is 0.738. The Bertz CT molecular complexity index is 2010. The van der Waals surface area contributed by atoms with Gasteiger partial charge in [0.15, 0.2) is 33.3 Å². The molecule has 0 fully saturated rings. The van der Waals surface area contributed by atoms with E-state index < -0.39 is 33.3 Å². The minimum Gasteiger partial charge on any atom is -0.497 e. The quantitative estimate of drug-likeness (QED) is 0.0232. The molecule has 0 saturated heterocycles. The van der Waals surface area contributed by atoms with Gasteiger partial charge in [0.25, 0.3) is 0 Å². The number of carbonyl (C=O) groups excluding carboxylic acids is 1. The minimum absolute atomic E-state index is 0.0114. The molecule has 0 heterocycles. The number of hydrogen-bond donors (Lipinski definition) is 0. The summed E-state index contributed by atoms with van der Waals surface area (Å²) >= 11 is 0. The van der Waals surface area contributed by atoms with Crippen molar-refractivity contribution in [2.75, 3.05) is 14.2 Å². The number of allylic oxidation sites excluding steroid dienone is 4. The third kappa shape index (κ3) is 24.1. The molecule has 0 unspecified atom stereocenters. The molecule has 77 heavy (non-hydrogen) atoms. The predicted octanol–water partition coefficient (Wildman–Crippen LogP) is 19.1. The van der Waals surface area contributed by atoms with Crippen molar-refractivity contribution in [3.63, 3.8) is 0 Å². The molecule has 0 N–H and O–H groups in total. The molecule has 0 radical (unpaired) electrons. The van der Waals surface area contributed by atoms with Crippen LogP contribution in [0.3, 0.4) is 0 Å². The van der Waals surface area contributed by atoms with Crippen LogP contribution in [-0.2, 0) is 38.6 Å². The van der Waals surface area contributed by atoms with E-state index in [9.17, 15) is 4.79 Å². The standard InChI is InChI=1S/C65H120O8Si4/c1-30-31-34-50(4)61(69-47-54-39-42-55(67-20)43-40-54)53(7)57(71-75(24,25)63(11,12)13)44-37-48(2)45-52(6)60(73-77(28,29)65(17,18)19)51(5)38-41-56(70-74(22,23)62(8,9)10)46-58(72-76(26,27)64(14,15)16)49(3)35-32-33-36-59(66)68-21/h30-36,38-43,48-53,56-58,60-61H,1,37,44-47H2,2-29H3/b34-31-,35-32+,36-33-,41-38-/t48-,49+,50-,51+,52-,53-,56+,57+,58-,60+,61-/m0/s1. The number of rotatable bonds is 32. The Balaban J connectivity index is 3.84. The fourth-order valence-electron chi connectivity index (χ4n) is 8.70. The summed E-state index contributed by atoms with van der Waals surface area (Å²) in [5, 5.41) is 0.146. The molecule has 0 aliphatic heterocycles. The second-order valence-corrected chi connectivity index (χ2v) is 48.1. The Morgan fingerprint density at radius 3 is 1.49 bits per heavy atom. The fourth-order valence-corrected chi connectivity index (χ4v) is 14.3. The van der Waals surface area contributed by atoms with Crippen LogP contribution < -0.4 is 4.74 Å². The van der Waals surface area contributed by atoms with E-state index in [1.807, 2.05) is 30.4 Å². The maximum absolute atomic E-state index is 11.9. The van der Waals surface area contributed by atoms with Gasteiger partial charge in [0, 0.05) is 24.3 Å². The van der Waals surface area contributed by atoms with Crippen LogP contribution in [0.4, 0.5) is 0 Å². The lowest BCUT2D eigenvalue weighted by Gasteiger charge is -2.44. The molecule has 8 nitrogen and oxygen atoms in total. The normalized spacial score (nSPS) is 18.5. The van der Waals surface area contributed by atoms with Crippen molar-refractivity contribution in [1.82, 2.24) is 0 Å². The van der Waals surface area contributed by atoms with Gasteiger partial charge in [-0.15, -0.1) is 0 Å². The topological polar surface area (TPSA) is 81.7 Å². The molecular formula is C65H120O8Si4. The van der Waals surface area contributed by atoms with Crippen molar-refractivity contribution in [3.8, 4) is 5.75 Å². The first-order valence-electron chi connectivity index (χ1n) is 29.3. The first-order valence-corrected chi connectivity index (χ1v) is 41.0. The van der Waals surface area contributed by atoms with Crippen molar-refractivity contribution < 1.29 is 36.7 Å². The largest absolute Gasteiger partial charge is 0.497 e. The molecule has 11 atom stereocenters. The first kappa shape index (κ1) is 72.9. The van der Waals surface area contributed by atoms with Crippen LogP contribution in [0.5, 0.6) is 5.75 Å². The molecular weight excluding hydrogens is 1020 g/mol. The van der Waals surface area contributed by atoms with Crippen LogP contribution in [0, 0.1) is 35.5 Å². The maximum atomic E-state index is 11.9. The molecule has 0 bridgehead atoms. The van der Waals surface area contributed by atoms with E-state index in [0.29, 0.717) is 24.9 Å². The summed E-state index contributed by atoms with van der Waals surface area (Å²) in [6, 6.07) is 8.20. The van der Waals surface area contributed by atoms with E-state index in [1.54, 1.807) is 13.2 Å². The van der Waals surface area contributed by atoms with Gasteiger partial charge in [-0.2, -0.15) is 0 Å². The lowest BCUT2D eigenvalue weighted by molar-refractivity contribution is -0.134. The number of benzene rings is 1. The van der Waals surface area contributed by atoms with E-state index in [4.69, 9.17) is 31.9 Å². The smallest absolute Gasteiger partial charge is 0.330 e. The highest BCUT2D eigenvalue weighted by atomic mass is 28.4. The predicted molar refractivity (Wildman–Crippen MR) is 342 cm³/mol. The number of carbonyl (C=O) groups is 1. The van der Waals surface area contributed by atoms with E-state index in [-0.39, 0.29) is 80.3 Å². The van der Waals surface area contributed by atoms with Crippen LogP contribution in [0.15, 0.2) is 85.5 Å². The van der Waals surface area contributed by atoms with E-state index in [2.05, 4.69) is 220 Å². The van der Waals surface area contributed by atoms with Crippen molar-refractivity contribution in [2.45, 2.75) is 260 Å². The summed E-state index contributed by atoms with van der Waals surface area (Å²) in [5.41, 5.74) is 1.12. The second-order valence-electron chi connectivity index (χ2n) is 29.1. The summed E-state index contributed by atoms with van der Waals surface area (Å²) in [6.07, 6.45) is 21.6. The summed E-state index contributed by atoms with van der Waals surface area (Å²) in [5.74, 6) is 1.66. The van der Waals surface area contributed by atoms with E-state index in [1.165, 1.54) is 13.2 Å². The summed E-state index contributed by atoms with van der Waals surface area (Å²) in [4.78, 5) is 11.9. The van der Waals surface area contributed by atoms with Crippen molar-refractivity contribution in [3.05, 3.63) is 91.1 Å². The molecule has 0 aliphatic rings. The molecule has 0 amide bonds. The molecule has 0 saturated carbocycles. The van der Waals surface area contributed by atoms with Gasteiger partial charge >= 0.3 is 5.97 Å². The Labute approximate surface area is 479 Å².